The lowest BCUT2D eigenvalue weighted by molar-refractivity contribution is 0.599. The SMILES string of the molecule is Cc1cnc(NS(=O)(=O)c2ccc(F)cc2)s1. The molecule has 0 fully saturated rings. The molecule has 4 nitrogen and oxygen atoms in total. The predicted molar refractivity (Wildman–Crippen MR) is 64.1 cm³/mol. The molecule has 0 aliphatic heterocycles. The Bertz CT molecular complexity index is 620. The highest BCUT2D eigenvalue weighted by Crippen LogP contribution is 2.20. The van der Waals surface area contributed by atoms with E-state index in [4.69, 9.17) is 0 Å². The minimum Gasteiger partial charge on any atom is -0.255 e. The molecule has 0 amide bonds. The lowest BCUT2D eigenvalue weighted by Crippen LogP contribution is -2.12. The van der Waals surface area contributed by atoms with Crippen LogP contribution in [0.4, 0.5) is 9.52 Å². The van der Waals surface area contributed by atoms with Crippen LogP contribution in [-0.2, 0) is 10.0 Å². The van der Waals surface area contributed by atoms with Gasteiger partial charge in [-0.15, -0.1) is 11.3 Å². The first-order valence-electron chi connectivity index (χ1n) is 4.68. The molecule has 0 atom stereocenters. The minimum absolute atomic E-state index is 0.00625. The fourth-order valence-corrected chi connectivity index (χ4v) is 3.10. The van der Waals surface area contributed by atoms with Crippen LogP contribution < -0.4 is 4.72 Å². The van der Waals surface area contributed by atoms with E-state index in [0.29, 0.717) is 5.13 Å². The number of halogens is 1. The molecule has 1 aromatic carbocycles. The van der Waals surface area contributed by atoms with Crippen LogP contribution in [-0.4, -0.2) is 13.4 Å². The Morgan fingerprint density at radius 2 is 1.94 bits per heavy atom. The average molecular weight is 272 g/mol. The summed E-state index contributed by atoms with van der Waals surface area (Å²) in [5.74, 6) is -0.478. The fourth-order valence-electron chi connectivity index (χ4n) is 1.19. The summed E-state index contributed by atoms with van der Waals surface area (Å²) in [6, 6.07) is 4.61. The molecule has 0 spiro atoms. The number of anilines is 1. The third kappa shape index (κ3) is 2.80. The van der Waals surface area contributed by atoms with E-state index in [1.165, 1.54) is 23.5 Å². The molecule has 0 saturated heterocycles. The van der Waals surface area contributed by atoms with E-state index in [1.807, 2.05) is 6.92 Å². The Hall–Kier alpha value is -1.47. The fraction of sp³-hybridized carbons (Fsp3) is 0.100. The van der Waals surface area contributed by atoms with E-state index >= 15 is 0 Å². The summed E-state index contributed by atoms with van der Waals surface area (Å²) in [4.78, 5) is 4.81. The monoisotopic (exact) mass is 272 g/mol. The van der Waals surface area contributed by atoms with Crippen LogP contribution in [0.5, 0.6) is 0 Å². The minimum atomic E-state index is -3.69. The Kier molecular flexibility index (Phi) is 3.12. The van der Waals surface area contributed by atoms with Gasteiger partial charge in [0.1, 0.15) is 5.82 Å². The van der Waals surface area contributed by atoms with Crippen LogP contribution in [0.15, 0.2) is 35.4 Å². The molecule has 17 heavy (non-hydrogen) atoms. The van der Waals surface area contributed by atoms with E-state index in [2.05, 4.69) is 9.71 Å². The molecule has 1 heterocycles. The molecule has 7 heteroatoms. The Morgan fingerprint density at radius 3 is 2.47 bits per heavy atom. The van der Waals surface area contributed by atoms with E-state index < -0.39 is 15.8 Å². The highest BCUT2D eigenvalue weighted by Gasteiger charge is 2.15. The van der Waals surface area contributed by atoms with Crippen molar-refractivity contribution in [3.8, 4) is 0 Å². The van der Waals surface area contributed by atoms with E-state index in [9.17, 15) is 12.8 Å². The standard InChI is InChI=1S/C10H9FN2O2S2/c1-7-6-12-10(16-7)13-17(14,15)9-4-2-8(11)3-5-9/h2-6H,1H3,(H,12,13). The quantitative estimate of drug-likeness (QED) is 0.933. The zero-order chi connectivity index (χ0) is 12.5. The molecule has 2 aromatic rings. The zero-order valence-corrected chi connectivity index (χ0v) is 10.5. The molecule has 90 valence electrons. The molecule has 0 bridgehead atoms. The topological polar surface area (TPSA) is 59.1 Å². The van der Waals surface area contributed by atoms with Crippen LogP contribution in [0.3, 0.4) is 0 Å². The van der Waals surface area contributed by atoms with E-state index in [-0.39, 0.29) is 4.90 Å². The highest BCUT2D eigenvalue weighted by molar-refractivity contribution is 7.93. The number of rotatable bonds is 3. The van der Waals surface area contributed by atoms with Crippen molar-refractivity contribution in [3.63, 3.8) is 0 Å². The summed E-state index contributed by atoms with van der Waals surface area (Å²) in [6.07, 6.45) is 1.58. The van der Waals surface area contributed by atoms with Crippen LogP contribution in [0, 0.1) is 12.7 Å². The van der Waals surface area contributed by atoms with Crippen molar-refractivity contribution in [2.45, 2.75) is 11.8 Å². The second-order valence-electron chi connectivity index (χ2n) is 3.34. The van der Waals surface area contributed by atoms with Crippen molar-refractivity contribution in [3.05, 3.63) is 41.2 Å². The van der Waals surface area contributed by atoms with E-state index in [0.717, 1.165) is 17.0 Å². The number of nitrogens with one attached hydrogen (secondary N) is 1. The van der Waals surface area contributed by atoms with Crippen LogP contribution in [0.25, 0.3) is 0 Å². The zero-order valence-electron chi connectivity index (χ0n) is 8.84. The number of aromatic nitrogens is 1. The first-order chi connectivity index (χ1) is 7.97. The van der Waals surface area contributed by atoms with Gasteiger partial charge in [-0.3, -0.25) is 4.72 Å². The lowest BCUT2D eigenvalue weighted by atomic mass is 10.4. The number of benzene rings is 1. The van der Waals surface area contributed by atoms with Crippen molar-refractivity contribution in [2.24, 2.45) is 0 Å². The van der Waals surface area contributed by atoms with Crippen molar-refractivity contribution in [1.29, 1.82) is 0 Å². The molecule has 0 unspecified atom stereocenters. The maximum absolute atomic E-state index is 12.7. The average Bonchev–Trinajstić information content (AvgIpc) is 2.63. The van der Waals surface area contributed by atoms with Crippen molar-refractivity contribution >= 4 is 26.5 Å². The van der Waals surface area contributed by atoms with Gasteiger partial charge in [0, 0.05) is 11.1 Å². The summed E-state index contributed by atoms with van der Waals surface area (Å²) < 4.78 is 38.7. The summed E-state index contributed by atoms with van der Waals surface area (Å²) in [6.45, 7) is 1.83. The van der Waals surface area contributed by atoms with Gasteiger partial charge in [0.15, 0.2) is 5.13 Å². The molecule has 1 aromatic heterocycles. The molecule has 2 rings (SSSR count). The number of nitrogens with zero attached hydrogens (tertiary/aromatic N) is 1. The van der Waals surface area contributed by atoms with Gasteiger partial charge in [0.25, 0.3) is 10.0 Å². The number of sulfonamides is 1. The van der Waals surface area contributed by atoms with Gasteiger partial charge in [-0.2, -0.15) is 0 Å². The first kappa shape index (κ1) is 12.0. The van der Waals surface area contributed by atoms with Gasteiger partial charge in [-0.05, 0) is 31.2 Å². The highest BCUT2D eigenvalue weighted by atomic mass is 32.2. The molecule has 0 aliphatic carbocycles. The van der Waals surface area contributed by atoms with Gasteiger partial charge in [-0.25, -0.2) is 17.8 Å². The maximum Gasteiger partial charge on any atom is 0.263 e. The van der Waals surface area contributed by atoms with Gasteiger partial charge in [0.2, 0.25) is 0 Å². The predicted octanol–water partition coefficient (Wildman–Crippen LogP) is 2.39. The smallest absolute Gasteiger partial charge is 0.255 e. The molecular formula is C10H9FN2O2S2. The number of hydrogen-bond donors (Lipinski definition) is 1. The molecule has 1 N–H and O–H groups in total. The molecular weight excluding hydrogens is 263 g/mol. The molecule has 0 radical (unpaired) electrons. The van der Waals surface area contributed by atoms with Gasteiger partial charge in [0.05, 0.1) is 4.90 Å². The van der Waals surface area contributed by atoms with Crippen LogP contribution in [0.2, 0.25) is 0 Å². The summed E-state index contributed by atoms with van der Waals surface area (Å²) in [5, 5.41) is 0.298. The van der Waals surface area contributed by atoms with Crippen LogP contribution >= 0.6 is 11.3 Å². The van der Waals surface area contributed by atoms with Gasteiger partial charge < -0.3 is 0 Å². The third-order valence-electron chi connectivity index (χ3n) is 1.97. The Morgan fingerprint density at radius 1 is 1.29 bits per heavy atom. The lowest BCUT2D eigenvalue weighted by Gasteiger charge is -2.04. The van der Waals surface area contributed by atoms with Crippen molar-refractivity contribution in [2.75, 3.05) is 4.72 Å². The summed E-state index contributed by atoms with van der Waals surface area (Å²) in [5.41, 5.74) is 0. The molecule has 0 aliphatic rings. The second-order valence-corrected chi connectivity index (χ2v) is 6.25. The number of hydrogen-bond acceptors (Lipinski definition) is 4. The number of aryl methyl sites for hydroxylation is 1. The Balaban J connectivity index is 2.28. The maximum atomic E-state index is 12.7. The van der Waals surface area contributed by atoms with Crippen LogP contribution in [0.1, 0.15) is 4.88 Å². The van der Waals surface area contributed by atoms with E-state index in [1.54, 1.807) is 6.20 Å². The normalized spacial score (nSPS) is 11.4. The summed E-state index contributed by atoms with van der Waals surface area (Å²) >= 11 is 1.24. The second kappa shape index (κ2) is 4.42. The van der Waals surface area contributed by atoms with Gasteiger partial charge in [-0.1, -0.05) is 0 Å². The van der Waals surface area contributed by atoms with Crippen molar-refractivity contribution < 1.29 is 12.8 Å². The largest absolute Gasteiger partial charge is 0.263 e. The number of thiazole rings is 1. The summed E-state index contributed by atoms with van der Waals surface area (Å²) in [7, 11) is -3.69. The molecule has 0 saturated carbocycles. The first-order valence-corrected chi connectivity index (χ1v) is 6.98. The third-order valence-corrected chi connectivity index (χ3v) is 4.28. The van der Waals surface area contributed by atoms with Gasteiger partial charge >= 0.3 is 0 Å². The van der Waals surface area contributed by atoms with Crippen molar-refractivity contribution in [1.82, 2.24) is 4.98 Å². The Labute approximate surface area is 102 Å².